The summed E-state index contributed by atoms with van der Waals surface area (Å²) >= 11 is 19.6. The van der Waals surface area contributed by atoms with Gasteiger partial charge < -0.3 is 10.2 Å². The second-order valence-electron chi connectivity index (χ2n) is 7.39. The van der Waals surface area contributed by atoms with Gasteiger partial charge in [0.2, 0.25) is 11.8 Å². The minimum absolute atomic E-state index is 0.0436. The van der Waals surface area contributed by atoms with E-state index >= 15 is 0 Å². The lowest BCUT2D eigenvalue weighted by atomic mass is 10.1. The minimum Gasteiger partial charge on any atom is -0.352 e. The molecule has 31 heavy (non-hydrogen) atoms. The molecule has 0 saturated heterocycles. The third kappa shape index (κ3) is 8.23. The van der Waals surface area contributed by atoms with Gasteiger partial charge in [0.15, 0.2) is 0 Å². The lowest BCUT2D eigenvalue weighted by Gasteiger charge is -2.29. The van der Waals surface area contributed by atoms with E-state index in [4.69, 9.17) is 34.8 Å². The Kier molecular flexibility index (Phi) is 10.5. The van der Waals surface area contributed by atoms with Crippen LogP contribution in [-0.2, 0) is 21.9 Å². The third-order valence-corrected chi connectivity index (χ3v) is 6.85. The molecule has 0 fully saturated rings. The molecule has 0 aliphatic rings. The van der Waals surface area contributed by atoms with E-state index in [0.717, 1.165) is 17.5 Å². The Morgan fingerprint density at radius 1 is 1.03 bits per heavy atom. The van der Waals surface area contributed by atoms with Crippen molar-refractivity contribution in [2.75, 3.05) is 5.75 Å². The molecule has 168 valence electrons. The molecule has 0 heterocycles. The number of rotatable bonds is 10. The summed E-state index contributed by atoms with van der Waals surface area (Å²) < 4.78 is 0. The molecule has 0 spiro atoms. The van der Waals surface area contributed by atoms with E-state index in [0.29, 0.717) is 27.4 Å². The highest BCUT2D eigenvalue weighted by Crippen LogP contribution is 2.25. The number of amides is 2. The van der Waals surface area contributed by atoms with Crippen molar-refractivity contribution < 1.29 is 9.59 Å². The molecule has 1 N–H and O–H groups in total. The average Bonchev–Trinajstić information content (AvgIpc) is 2.73. The van der Waals surface area contributed by atoms with E-state index in [9.17, 15) is 9.59 Å². The number of thioether (sulfide) groups is 1. The zero-order chi connectivity index (χ0) is 23.0. The Morgan fingerprint density at radius 2 is 1.77 bits per heavy atom. The fraction of sp³-hybridized carbons (Fsp3) is 0.391. The molecule has 8 heteroatoms. The zero-order valence-corrected chi connectivity index (χ0v) is 20.9. The SMILES string of the molecule is CC[C@H](C)NC(=O)[C@H](C)N(Cc1cccc(Cl)c1)C(=O)CSCc1ccc(Cl)c(Cl)c1. The highest BCUT2D eigenvalue weighted by atomic mass is 35.5. The smallest absolute Gasteiger partial charge is 0.242 e. The van der Waals surface area contributed by atoms with Crippen LogP contribution in [0.1, 0.15) is 38.3 Å². The topological polar surface area (TPSA) is 49.4 Å². The van der Waals surface area contributed by atoms with E-state index in [1.54, 1.807) is 30.0 Å². The molecule has 0 aromatic heterocycles. The van der Waals surface area contributed by atoms with E-state index in [1.165, 1.54) is 11.8 Å². The Labute approximate surface area is 203 Å². The van der Waals surface area contributed by atoms with Crippen LogP contribution in [0, 0.1) is 0 Å². The van der Waals surface area contributed by atoms with Gasteiger partial charge in [-0.1, -0.05) is 59.9 Å². The first-order chi connectivity index (χ1) is 14.7. The lowest BCUT2D eigenvalue weighted by Crippen LogP contribution is -2.50. The molecular formula is C23H27Cl3N2O2S. The molecule has 0 bridgehead atoms. The van der Waals surface area contributed by atoms with Gasteiger partial charge in [-0.05, 0) is 55.7 Å². The van der Waals surface area contributed by atoms with E-state index < -0.39 is 6.04 Å². The van der Waals surface area contributed by atoms with Crippen LogP contribution in [-0.4, -0.2) is 34.6 Å². The highest BCUT2D eigenvalue weighted by Gasteiger charge is 2.26. The first-order valence-electron chi connectivity index (χ1n) is 10.1. The van der Waals surface area contributed by atoms with Gasteiger partial charge in [-0.3, -0.25) is 9.59 Å². The Balaban J connectivity index is 2.08. The van der Waals surface area contributed by atoms with Crippen LogP contribution in [0.15, 0.2) is 42.5 Å². The predicted molar refractivity (Wildman–Crippen MR) is 132 cm³/mol. The van der Waals surface area contributed by atoms with Crippen LogP contribution in [0.25, 0.3) is 0 Å². The molecule has 2 aromatic carbocycles. The third-order valence-electron chi connectivity index (χ3n) is 4.89. The van der Waals surface area contributed by atoms with Gasteiger partial charge in [-0.2, -0.15) is 0 Å². The Hall–Kier alpha value is -1.40. The number of hydrogen-bond donors (Lipinski definition) is 1. The molecule has 2 rings (SSSR count). The number of nitrogens with zero attached hydrogens (tertiary/aromatic N) is 1. The predicted octanol–water partition coefficient (Wildman–Crippen LogP) is 6.21. The van der Waals surface area contributed by atoms with Crippen molar-refractivity contribution in [3.05, 3.63) is 68.7 Å². The van der Waals surface area contributed by atoms with Crippen molar-refractivity contribution in [1.29, 1.82) is 0 Å². The van der Waals surface area contributed by atoms with Crippen molar-refractivity contribution in [3.63, 3.8) is 0 Å². The first-order valence-corrected chi connectivity index (χ1v) is 12.4. The molecule has 0 aliphatic carbocycles. The second kappa shape index (κ2) is 12.6. The fourth-order valence-electron chi connectivity index (χ4n) is 2.85. The van der Waals surface area contributed by atoms with Gasteiger partial charge >= 0.3 is 0 Å². The molecule has 0 unspecified atom stereocenters. The lowest BCUT2D eigenvalue weighted by molar-refractivity contribution is -0.138. The van der Waals surface area contributed by atoms with Crippen LogP contribution in [0.2, 0.25) is 15.1 Å². The number of halogens is 3. The normalized spacial score (nSPS) is 12.8. The van der Waals surface area contributed by atoms with Crippen LogP contribution < -0.4 is 5.32 Å². The molecule has 2 amide bonds. The maximum atomic E-state index is 13.1. The van der Waals surface area contributed by atoms with Gasteiger partial charge in [-0.25, -0.2) is 0 Å². The quantitative estimate of drug-likeness (QED) is 0.421. The van der Waals surface area contributed by atoms with Gasteiger partial charge in [0, 0.05) is 23.4 Å². The molecule has 0 aliphatic heterocycles. The number of carbonyl (C=O) groups is 2. The molecule has 2 aromatic rings. The van der Waals surface area contributed by atoms with Crippen molar-refractivity contribution >= 4 is 58.4 Å². The van der Waals surface area contributed by atoms with Crippen LogP contribution >= 0.6 is 46.6 Å². The van der Waals surface area contributed by atoms with Crippen LogP contribution in [0.4, 0.5) is 0 Å². The standard InChI is InChI=1S/C23H27Cl3N2O2S/c1-4-15(2)27-23(30)16(3)28(12-17-6-5-7-19(24)10-17)22(29)14-31-13-18-8-9-20(25)21(26)11-18/h5-11,15-16H,4,12-14H2,1-3H3,(H,27,30)/t15-,16-/m0/s1. The zero-order valence-electron chi connectivity index (χ0n) is 17.8. The highest BCUT2D eigenvalue weighted by molar-refractivity contribution is 7.99. The number of hydrogen-bond acceptors (Lipinski definition) is 3. The van der Waals surface area contributed by atoms with Gasteiger partial charge in [-0.15, -0.1) is 11.8 Å². The van der Waals surface area contributed by atoms with E-state index in [1.807, 2.05) is 38.1 Å². The summed E-state index contributed by atoms with van der Waals surface area (Å²) in [4.78, 5) is 27.4. The van der Waals surface area contributed by atoms with E-state index in [2.05, 4.69) is 5.32 Å². The van der Waals surface area contributed by atoms with Gasteiger partial charge in [0.1, 0.15) is 6.04 Å². The molecule has 0 saturated carbocycles. The first kappa shape index (κ1) is 25.9. The second-order valence-corrected chi connectivity index (χ2v) is 9.62. The maximum Gasteiger partial charge on any atom is 0.242 e. The van der Waals surface area contributed by atoms with Gasteiger partial charge in [0.25, 0.3) is 0 Å². The van der Waals surface area contributed by atoms with Crippen LogP contribution in [0.3, 0.4) is 0 Å². The van der Waals surface area contributed by atoms with Crippen molar-refractivity contribution in [2.24, 2.45) is 0 Å². The van der Waals surface area contributed by atoms with Crippen molar-refractivity contribution in [1.82, 2.24) is 10.2 Å². The molecule has 2 atom stereocenters. The monoisotopic (exact) mass is 500 g/mol. The Bertz CT molecular complexity index is 910. The van der Waals surface area contributed by atoms with E-state index in [-0.39, 0.29) is 23.6 Å². The molecular weight excluding hydrogens is 475 g/mol. The maximum absolute atomic E-state index is 13.1. The molecule has 4 nitrogen and oxygen atoms in total. The number of carbonyl (C=O) groups excluding carboxylic acids is 2. The number of benzene rings is 2. The summed E-state index contributed by atoms with van der Waals surface area (Å²) in [6, 6.07) is 12.2. The summed E-state index contributed by atoms with van der Waals surface area (Å²) in [6.07, 6.45) is 0.820. The largest absolute Gasteiger partial charge is 0.352 e. The summed E-state index contributed by atoms with van der Waals surface area (Å²) in [5.74, 6) is 0.569. The summed E-state index contributed by atoms with van der Waals surface area (Å²) in [6.45, 7) is 6.01. The summed E-state index contributed by atoms with van der Waals surface area (Å²) in [7, 11) is 0. The fourth-order valence-corrected chi connectivity index (χ4v) is 4.24. The van der Waals surface area contributed by atoms with Crippen molar-refractivity contribution in [2.45, 2.75) is 51.6 Å². The average molecular weight is 502 g/mol. The summed E-state index contributed by atoms with van der Waals surface area (Å²) in [5, 5.41) is 4.55. The van der Waals surface area contributed by atoms with Crippen molar-refractivity contribution in [3.8, 4) is 0 Å². The number of nitrogens with one attached hydrogen (secondary N) is 1. The van der Waals surface area contributed by atoms with Gasteiger partial charge in [0.05, 0.1) is 15.8 Å². The molecule has 0 radical (unpaired) electrons. The minimum atomic E-state index is -0.606. The Morgan fingerprint density at radius 3 is 2.42 bits per heavy atom. The summed E-state index contributed by atoms with van der Waals surface area (Å²) in [5.41, 5.74) is 1.86. The van der Waals surface area contributed by atoms with Crippen LogP contribution in [0.5, 0.6) is 0 Å².